The average molecular weight is 354 g/mol. The van der Waals surface area contributed by atoms with Crippen LogP contribution in [0.15, 0.2) is 24.3 Å². The van der Waals surface area contributed by atoms with Crippen LogP contribution >= 0.6 is 0 Å². The van der Waals surface area contributed by atoms with Gasteiger partial charge < -0.3 is 10.1 Å². The van der Waals surface area contributed by atoms with Gasteiger partial charge in [-0.3, -0.25) is 4.79 Å². The maximum atomic E-state index is 12.3. The van der Waals surface area contributed by atoms with Crippen molar-refractivity contribution in [2.24, 2.45) is 5.92 Å². The molecule has 134 valence electrons. The van der Waals surface area contributed by atoms with Crippen LogP contribution < -0.4 is 10.1 Å². The number of benzene rings is 1. The Kier molecular flexibility index (Phi) is 6.62. The Morgan fingerprint density at radius 2 is 1.83 bits per heavy atom. The summed E-state index contributed by atoms with van der Waals surface area (Å²) < 4.78 is 30.5. The fourth-order valence-corrected chi connectivity index (χ4v) is 3.91. The van der Waals surface area contributed by atoms with Crippen LogP contribution in [0.4, 0.5) is 0 Å². The lowest BCUT2D eigenvalue weighted by atomic mass is 9.97. The van der Waals surface area contributed by atoms with Gasteiger partial charge in [-0.15, -0.1) is 0 Å². The Bertz CT molecular complexity index is 635. The summed E-state index contributed by atoms with van der Waals surface area (Å²) in [4.78, 5) is 12.3. The number of carbonyl (C=O) groups is 1. The first-order valence-electron chi connectivity index (χ1n) is 8.43. The second-order valence-corrected chi connectivity index (χ2v) is 8.13. The molecule has 0 spiro atoms. The van der Waals surface area contributed by atoms with Crippen LogP contribution in [0, 0.1) is 5.92 Å². The number of nitrogens with one attached hydrogen (secondary N) is 1. The van der Waals surface area contributed by atoms with Crippen molar-refractivity contribution in [2.75, 3.05) is 25.4 Å². The second-order valence-electron chi connectivity index (χ2n) is 5.87. The van der Waals surface area contributed by atoms with Crippen LogP contribution in [0.25, 0.3) is 0 Å². The lowest BCUT2D eigenvalue weighted by Gasteiger charge is -2.30. The topological polar surface area (TPSA) is 75.7 Å². The van der Waals surface area contributed by atoms with Crippen LogP contribution in [0.5, 0.6) is 5.75 Å². The lowest BCUT2D eigenvalue weighted by molar-refractivity contribution is -0.126. The molecule has 24 heavy (non-hydrogen) atoms. The van der Waals surface area contributed by atoms with Crippen molar-refractivity contribution >= 4 is 15.9 Å². The molecule has 7 heteroatoms. The van der Waals surface area contributed by atoms with Crippen molar-refractivity contribution in [3.63, 3.8) is 0 Å². The third-order valence-electron chi connectivity index (χ3n) is 4.28. The first-order valence-corrected chi connectivity index (χ1v) is 10.0. The van der Waals surface area contributed by atoms with Crippen LogP contribution in [0.3, 0.4) is 0 Å². The molecule has 0 bridgehead atoms. The largest absolute Gasteiger partial charge is 0.494 e. The molecule has 0 aromatic heterocycles. The quantitative estimate of drug-likeness (QED) is 0.810. The number of amides is 1. The molecule has 0 saturated carbocycles. The van der Waals surface area contributed by atoms with E-state index >= 15 is 0 Å². The number of piperidine rings is 1. The number of sulfonamides is 1. The molecule has 0 unspecified atom stereocenters. The summed E-state index contributed by atoms with van der Waals surface area (Å²) in [6.07, 6.45) is 1.16. The normalized spacial score (nSPS) is 16.8. The highest BCUT2D eigenvalue weighted by Gasteiger charge is 2.29. The van der Waals surface area contributed by atoms with E-state index in [0.717, 1.165) is 11.3 Å². The van der Waals surface area contributed by atoms with E-state index in [1.807, 2.05) is 31.2 Å². The number of rotatable bonds is 7. The molecule has 1 heterocycles. The van der Waals surface area contributed by atoms with Gasteiger partial charge in [0, 0.05) is 25.6 Å². The molecule has 1 aromatic rings. The first kappa shape index (κ1) is 18.7. The molecule has 1 aliphatic heterocycles. The van der Waals surface area contributed by atoms with E-state index in [1.165, 1.54) is 4.31 Å². The Labute approximate surface area is 144 Å². The van der Waals surface area contributed by atoms with E-state index < -0.39 is 10.0 Å². The van der Waals surface area contributed by atoms with Gasteiger partial charge in [-0.2, -0.15) is 0 Å². The van der Waals surface area contributed by atoms with Gasteiger partial charge in [-0.1, -0.05) is 12.1 Å². The molecule has 1 aromatic carbocycles. The van der Waals surface area contributed by atoms with Gasteiger partial charge in [-0.05, 0) is 44.4 Å². The van der Waals surface area contributed by atoms with Crippen LogP contribution in [0.1, 0.15) is 32.3 Å². The van der Waals surface area contributed by atoms with E-state index in [1.54, 1.807) is 6.92 Å². The lowest BCUT2D eigenvalue weighted by Crippen LogP contribution is -2.43. The van der Waals surface area contributed by atoms with E-state index in [2.05, 4.69) is 5.32 Å². The molecular formula is C17H26N2O4S. The predicted molar refractivity (Wildman–Crippen MR) is 93.2 cm³/mol. The molecule has 1 amide bonds. The summed E-state index contributed by atoms with van der Waals surface area (Å²) in [6, 6.07) is 7.64. The van der Waals surface area contributed by atoms with E-state index in [0.29, 0.717) is 39.1 Å². The number of carbonyl (C=O) groups excluding carboxylic acids is 1. The molecule has 2 rings (SSSR count). The maximum Gasteiger partial charge on any atom is 0.223 e. The summed E-state index contributed by atoms with van der Waals surface area (Å²) in [7, 11) is -3.14. The zero-order chi connectivity index (χ0) is 17.6. The number of hydrogen-bond acceptors (Lipinski definition) is 4. The summed E-state index contributed by atoms with van der Waals surface area (Å²) in [5.74, 6) is 0.812. The second kappa shape index (κ2) is 8.48. The highest BCUT2D eigenvalue weighted by atomic mass is 32.2. The fraction of sp³-hybridized carbons (Fsp3) is 0.588. The molecule has 1 aliphatic rings. The number of hydrogen-bond donors (Lipinski definition) is 1. The third-order valence-corrected chi connectivity index (χ3v) is 6.17. The summed E-state index contributed by atoms with van der Waals surface area (Å²) in [6.45, 7) is 5.53. The zero-order valence-corrected chi connectivity index (χ0v) is 15.1. The van der Waals surface area contributed by atoms with Crippen LogP contribution in [-0.2, 0) is 21.4 Å². The molecule has 1 fully saturated rings. The summed E-state index contributed by atoms with van der Waals surface area (Å²) in [5, 5.41) is 2.94. The molecule has 0 aliphatic carbocycles. The van der Waals surface area contributed by atoms with Crippen molar-refractivity contribution in [3.05, 3.63) is 29.8 Å². The molecule has 1 N–H and O–H groups in total. The minimum atomic E-state index is -3.14. The third kappa shape index (κ3) is 4.95. The fourth-order valence-electron chi connectivity index (χ4n) is 2.78. The Morgan fingerprint density at radius 3 is 2.38 bits per heavy atom. The number of ether oxygens (including phenoxy) is 1. The van der Waals surface area contributed by atoms with E-state index in [-0.39, 0.29) is 17.6 Å². The first-order chi connectivity index (χ1) is 11.5. The highest BCUT2D eigenvalue weighted by molar-refractivity contribution is 7.89. The van der Waals surface area contributed by atoms with Crippen LogP contribution in [-0.4, -0.2) is 44.1 Å². The monoisotopic (exact) mass is 354 g/mol. The maximum absolute atomic E-state index is 12.3. The van der Waals surface area contributed by atoms with Crippen molar-refractivity contribution in [3.8, 4) is 5.75 Å². The smallest absolute Gasteiger partial charge is 0.223 e. The van der Waals surface area contributed by atoms with Gasteiger partial charge in [0.25, 0.3) is 0 Å². The van der Waals surface area contributed by atoms with Gasteiger partial charge in [0.15, 0.2) is 0 Å². The van der Waals surface area contributed by atoms with Crippen molar-refractivity contribution in [1.82, 2.24) is 9.62 Å². The van der Waals surface area contributed by atoms with Gasteiger partial charge in [0.2, 0.25) is 15.9 Å². The molecule has 0 radical (unpaired) electrons. The SMILES string of the molecule is CCOc1ccc(CNC(=O)C2CCN(S(=O)(=O)CC)CC2)cc1. The van der Waals surface area contributed by atoms with Crippen molar-refractivity contribution < 1.29 is 17.9 Å². The van der Waals surface area contributed by atoms with Crippen molar-refractivity contribution in [1.29, 1.82) is 0 Å². The molecule has 6 nitrogen and oxygen atoms in total. The zero-order valence-electron chi connectivity index (χ0n) is 14.3. The molecule has 0 atom stereocenters. The van der Waals surface area contributed by atoms with Crippen LogP contribution in [0.2, 0.25) is 0 Å². The van der Waals surface area contributed by atoms with Gasteiger partial charge >= 0.3 is 0 Å². The minimum Gasteiger partial charge on any atom is -0.494 e. The average Bonchev–Trinajstić information content (AvgIpc) is 2.61. The molecule has 1 saturated heterocycles. The van der Waals surface area contributed by atoms with Gasteiger partial charge in [-0.25, -0.2) is 12.7 Å². The van der Waals surface area contributed by atoms with E-state index in [4.69, 9.17) is 4.74 Å². The highest BCUT2D eigenvalue weighted by Crippen LogP contribution is 2.20. The number of nitrogens with zero attached hydrogens (tertiary/aromatic N) is 1. The Balaban J connectivity index is 1.79. The minimum absolute atomic E-state index is 0.00238. The van der Waals surface area contributed by atoms with Gasteiger partial charge in [0.05, 0.1) is 12.4 Å². The predicted octanol–water partition coefficient (Wildman–Crippen LogP) is 1.76. The summed E-state index contributed by atoms with van der Waals surface area (Å²) in [5.41, 5.74) is 1.01. The standard InChI is InChI=1S/C17H26N2O4S/c1-3-23-16-7-5-14(6-8-16)13-18-17(20)15-9-11-19(12-10-15)24(21,22)4-2/h5-8,15H,3-4,9-13H2,1-2H3,(H,18,20). The molecular weight excluding hydrogens is 328 g/mol. The Morgan fingerprint density at radius 1 is 1.21 bits per heavy atom. The Hall–Kier alpha value is -1.60. The van der Waals surface area contributed by atoms with E-state index in [9.17, 15) is 13.2 Å². The van der Waals surface area contributed by atoms with Gasteiger partial charge in [0.1, 0.15) is 5.75 Å². The summed E-state index contributed by atoms with van der Waals surface area (Å²) >= 11 is 0. The van der Waals surface area contributed by atoms with Crippen molar-refractivity contribution in [2.45, 2.75) is 33.2 Å².